The maximum atomic E-state index is 11.6. The number of hydrogen-bond donors (Lipinski definition) is 2. The van der Waals surface area contributed by atoms with E-state index in [4.69, 9.17) is 31.4 Å². The Hall–Kier alpha value is -3.55. The molecule has 0 unspecified atom stereocenters. The van der Waals surface area contributed by atoms with E-state index in [1.54, 1.807) is 27.0 Å². The van der Waals surface area contributed by atoms with Crippen molar-refractivity contribution in [3.63, 3.8) is 0 Å². The minimum Gasteiger partial charge on any atom is -0.481 e. The third-order valence-electron chi connectivity index (χ3n) is 5.63. The van der Waals surface area contributed by atoms with Crippen molar-refractivity contribution >= 4 is 45.1 Å². The summed E-state index contributed by atoms with van der Waals surface area (Å²) in [6, 6.07) is 11.3. The first kappa shape index (κ1) is 31.0. The summed E-state index contributed by atoms with van der Waals surface area (Å²) in [6.45, 7) is 9.98. The van der Waals surface area contributed by atoms with Crippen molar-refractivity contribution in [2.45, 2.75) is 39.7 Å². The summed E-state index contributed by atoms with van der Waals surface area (Å²) >= 11 is 7.62. The van der Waals surface area contributed by atoms with E-state index in [1.165, 1.54) is 11.3 Å². The van der Waals surface area contributed by atoms with E-state index < -0.39 is 11.6 Å². The molecule has 2 aromatic heterocycles. The Bertz CT molecular complexity index is 1470. The molecule has 0 saturated carbocycles. The van der Waals surface area contributed by atoms with Crippen LogP contribution in [0.1, 0.15) is 31.9 Å². The summed E-state index contributed by atoms with van der Waals surface area (Å²) in [5, 5.41) is 19.5. The van der Waals surface area contributed by atoms with Gasteiger partial charge in [-0.2, -0.15) is 0 Å². The number of aliphatic carboxylic acids is 1. The lowest BCUT2D eigenvalue weighted by Crippen LogP contribution is -2.37. The highest BCUT2D eigenvalue weighted by Gasteiger charge is 2.21. The van der Waals surface area contributed by atoms with Gasteiger partial charge in [0.25, 0.3) is 0 Å². The highest BCUT2D eigenvalue weighted by molar-refractivity contribution is 7.22. The minimum absolute atomic E-state index is 0.0678. The van der Waals surface area contributed by atoms with Gasteiger partial charge in [0.2, 0.25) is 5.95 Å². The molecule has 1 aliphatic rings. The van der Waals surface area contributed by atoms with Gasteiger partial charge in [-0.15, -0.1) is 24.2 Å². The van der Waals surface area contributed by atoms with Gasteiger partial charge in [0, 0.05) is 29.9 Å². The molecule has 8 nitrogen and oxygen atoms in total. The number of benzene rings is 2. The third kappa shape index (κ3) is 8.23. The SMILES string of the molecule is C#C.CC(C)(C)O.Cc1cc2nc(-c3ccnc(N4CCOCC4)n3)sc2c(-c2ccc(Cl)cc2)c1CC(=O)O. The molecule has 210 valence electrons. The monoisotopic (exact) mass is 580 g/mol. The molecule has 4 aromatic rings. The van der Waals surface area contributed by atoms with Crippen molar-refractivity contribution < 1.29 is 19.7 Å². The fraction of sp³-hybridized carbons (Fsp3) is 0.333. The predicted octanol–water partition coefficient (Wildman–Crippen LogP) is 5.87. The van der Waals surface area contributed by atoms with Crippen molar-refractivity contribution in [1.82, 2.24) is 15.0 Å². The van der Waals surface area contributed by atoms with Gasteiger partial charge in [-0.25, -0.2) is 15.0 Å². The fourth-order valence-corrected chi connectivity index (χ4v) is 5.26. The minimum atomic E-state index is -0.872. The summed E-state index contributed by atoms with van der Waals surface area (Å²) in [6.07, 6.45) is 9.68. The highest BCUT2D eigenvalue weighted by atomic mass is 35.5. The first-order valence-corrected chi connectivity index (χ1v) is 13.8. The summed E-state index contributed by atoms with van der Waals surface area (Å²) in [4.78, 5) is 27.8. The summed E-state index contributed by atoms with van der Waals surface area (Å²) < 4.78 is 6.36. The molecule has 0 bridgehead atoms. The van der Waals surface area contributed by atoms with Gasteiger partial charge in [-0.3, -0.25) is 4.79 Å². The van der Waals surface area contributed by atoms with Gasteiger partial charge in [-0.05, 0) is 68.7 Å². The number of carboxylic acid groups (broad SMARTS) is 1. The lowest BCUT2D eigenvalue weighted by Gasteiger charge is -2.26. The van der Waals surface area contributed by atoms with Crippen LogP contribution in [0.2, 0.25) is 5.02 Å². The Labute approximate surface area is 243 Å². The number of terminal acetylenes is 1. The topological polar surface area (TPSA) is 109 Å². The molecule has 0 spiro atoms. The van der Waals surface area contributed by atoms with Crippen molar-refractivity contribution in [1.29, 1.82) is 0 Å². The number of fused-ring (bicyclic) bond motifs is 1. The van der Waals surface area contributed by atoms with E-state index >= 15 is 0 Å². The van der Waals surface area contributed by atoms with Crippen LogP contribution >= 0.6 is 22.9 Å². The second-order valence-electron chi connectivity index (χ2n) is 10.0. The number of carboxylic acids is 1. The quantitative estimate of drug-likeness (QED) is 0.282. The van der Waals surface area contributed by atoms with Crippen molar-refractivity contribution in [2.24, 2.45) is 0 Å². The number of halogens is 1. The van der Waals surface area contributed by atoms with Gasteiger partial charge in [0.05, 0.1) is 35.5 Å². The van der Waals surface area contributed by atoms with Crippen LogP contribution < -0.4 is 4.90 Å². The maximum absolute atomic E-state index is 11.6. The lowest BCUT2D eigenvalue weighted by molar-refractivity contribution is -0.136. The largest absolute Gasteiger partial charge is 0.481 e. The second-order valence-corrected chi connectivity index (χ2v) is 11.4. The Kier molecular flexibility index (Phi) is 10.6. The number of aromatic nitrogens is 3. The van der Waals surface area contributed by atoms with E-state index in [2.05, 4.69) is 22.7 Å². The molecule has 1 aliphatic heterocycles. The van der Waals surface area contributed by atoms with Gasteiger partial charge in [0.1, 0.15) is 10.7 Å². The maximum Gasteiger partial charge on any atom is 0.307 e. The number of morpholine rings is 1. The number of thiazole rings is 1. The van der Waals surface area contributed by atoms with Gasteiger partial charge < -0.3 is 19.8 Å². The van der Waals surface area contributed by atoms with Crippen molar-refractivity contribution in [2.75, 3.05) is 31.2 Å². The lowest BCUT2D eigenvalue weighted by atomic mass is 9.93. The summed E-state index contributed by atoms with van der Waals surface area (Å²) in [5.74, 6) is -0.209. The van der Waals surface area contributed by atoms with Crippen molar-refractivity contribution in [3.8, 4) is 34.7 Å². The molecular formula is C30H33ClN4O4S. The Morgan fingerprint density at radius 3 is 2.35 bits per heavy atom. The number of rotatable bonds is 5. The first-order valence-electron chi connectivity index (χ1n) is 12.6. The zero-order chi connectivity index (χ0) is 29.4. The molecule has 10 heteroatoms. The standard InChI is InChI=1S/C24H21ClN4O3S.C4H10O.C2H2/c1-14-12-19-22(21(17(14)13-20(30)31)15-2-4-16(25)5-3-15)33-23(27-19)18-6-7-26-24(28-18)29-8-10-32-11-9-29;1-4(2,3)5;1-2/h2-7,12H,8-11,13H2,1H3,(H,30,31);5H,1-3H3;1-2H. The van der Waals surface area contributed by atoms with Crippen molar-refractivity contribution in [3.05, 3.63) is 58.7 Å². The van der Waals surface area contributed by atoms with E-state index in [9.17, 15) is 9.90 Å². The fourth-order valence-electron chi connectivity index (χ4n) is 4.03. The molecular weight excluding hydrogens is 548 g/mol. The van der Waals surface area contributed by atoms with Gasteiger partial charge in [-0.1, -0.05) is 23.7 Å². The molecule has 5 rings (SSSR count). The second kappa shape index (κ2) is 13.7. The van der Waals surface area contributed by atoms with Crippen LogP contribution in [-0.4, -0.2) is 63.0 Å². The molecule has 2 aromatic carbocycles. The molecule has 0 atom stereocenters. The molecule has 2 N–H and O–H groups in total. The molecule has 1 fully saturated rings. The smallest absolute Gasteiger partial charge is 0.307 e. The van der Waals surface area contributed by atoms with Crippen LogP contribution in [0.15, 0.2) is 42.6 Å². The summed E-state index contributed by atoms with van der Waals surface area (Å²) in [7, 11) is 0. The highest BCUT2D eigenvalue weighted by Crippen LogP contribution is 2.40. The predicted molar refractivity (Wildman–Crippen MR) is 162 cm³/mol. The Balaban J connectivity index is 0.000000570. The van der Waals surface area contributed by atoms with E-state index in [1.807, 2.05) is 43.3 Å². The van der Waals surface area contributed by atoms with E-state index in [0.29, 0.717) is 24.2 Å². The molecule has 0 radical (unpaired) electrons. The Morgan fingerprint density at radius 2 is 1.75 bits per heavy atom. The number of aryl methyl sites for hydroxylation is 1. The zero-order valence-electron chi connectivity index (χ0n) is 23.0. The van der Waals surface area contributed by atoms with Crippen LogP contribution in [0.5, 0.6) is 0 Å². The number of aliphatic hydroxyl groups is 1. The molecule has 40 heavy (non-hydrogen) atoms. The molecule has 1 saturated heterocycles. The normalized spacial score (nSPS) is 13.2. The first-order chi connectivity index (χ1) is 19.0. The zero-order valence-corrected chi connectivity index (χ0v) is 24.6. The number of nitrogens with zero attached hydrogens (tertiary/aromatic N) is 4. The van der Waals surface area contributed by atoms with E-state index in [0.717, 1.165) is 56.3 Å². The number of hydrogen-bond acceptors (Lipinski definition) is 8. The van der Waals surface area contributed by atoms with Crippen LogP contribution in [0, 0.1) is 19.8 Å². The summed E-state index contributed by atoms with van der Waals surface area (Å²) in [5.41, 5.74) is 4.53. The number of carbonyl (C=O) groups is 1. The molecule has 0 amide bonds. The van der Waals surface area contributed by atoms with E-state index in [-0.39, 0.29) is 6.42 Å². The number of ether oxygens (including phenoxy) is 1. The van der Waals surface area contributed by atoms with Gasteiger partial charge >= 0.3 is 5.97 Å². The molecule has 0 aliphatic carbocycles. The van der Waals surface area contributed by atoms with Crippen LogP contribution in [0.4, 0.5) is 5.95 Å². The molecule has 3 heterocycles. The van der Waals surface area contributed by atoms with Crippen LogP contribution in [0.25, 0.3) is 32.0 Å². The average Bonchev–Trinajstić information content (AvgIpc) is 3.34. The Morgan fingerprint density at radius 1 is 1.12 bits per heavy atom. The van der Waals surface area contributed by atoms with Crippen LogP contribution in [0.3, 0.4) is 0 Å². The average molecular weight is 581 g/mol. The number of anilines is 1. The van der Waals surface area contributed by atoms with Gasteiger partial charge in [0.15, 0.2) is 0 Å². The van der Waals surface area contributed by atoms with Crippen LogP contribution in [-0.2, 0) is 16.0 Å². The third-order valence-corrected chi connectivity index (χ3v) is 6.99.